The van der Waals surface area contributed by atoms with Gasteiger partial charge >= 0.3 is 0 Å². The minimum absolute atomic E-state index is 0.00769. The molecule has 5 heteroatoms. The number of rotatable bonds is 6. The van der Waals surface area contributed by atoms with Crippen molar-refractivity contribution in [3.63, 3.8) is 0 Å². The number of nitrogens with zero attached hydrogens (tertiary/aromatic N) is 1. The first-order valence-corrected chi connectivity index (χ1v) is 7.21. The number of thiazole rings is 1. The van der Waals surface area contributed by atoms with Crippen LogP contribution in [0.25, 0.3) is 0 Å². The molecule has 19 heavy (non-hydrogen) atoms. The lowest BCUT2D eigenvalue weighted by Gasteiger charge is -2.18. The number of benzene rings is 1. The van der Waals surface area contributed by atoms with Gasteiger partial charge in [0.15, 0.2) is 0 Å². The molecular weight excluding hydrogens is 258 g/mol. The molecule has 0 spiro atoms. The summed E-state index contributed by atoms with van der Waals surface area (Å²) in [5.41, 5.74) is 4.98. The molecule has 1 aromatic carbocycles. The predicted octanol–water partition coefficient (Wildman–Crippen LogP) is 2.60. The fourth-order valence-corrected chi connectivity index (χ4v) is 2.80. The molecule has 0 aliphatic heterocycles. The summed E-state index contributed by atoms with van der Waals surface area (Å²) in [5.74, 6) is 6.57. The lowest BCUT2D eigenvalue weighted by molar-refractivity contribution is 0.331. The van der Waals surface area contributed by atoms with E-state index in [1.54, 1.807) is 11.3 Å². The number of hydrogen-bond acceptors (Lipinski definition) is 5. The molecule has 1 atom stereocenters. The number of para-hydroxylation sites is 1. The summed E-state index contributed by atoms with van der Waals surface area (Å²) in [6.45, 7) is 4.62. The molecule has 4 nitrogen and oxygen atoms in total. The molecule has 0 aliphatic rings. The van der Waals surface area contributed by atoms with Crippen LogP contribution in [0.4, 0.5) is 0 Å². The van der Waals surface area contributed by atoms with Gasteiger partial charge in [0.05, 0.1) is 17.7 Å². The van der Waals surface area contributed by atoms with Crippen LogP contribution < -0.4 is 16.0 Å². The zero-order chi connectivity index (χ0) is 13.7. The van der Waals surface area contributed by atoms with Crippen molar-refractivity contribution >= 4 is 11.3 Å². The van der Waals surface area contributed by atoms with Crippen LogP contribution in [-0.2, 0) is 6.42 Å². The van der Waals surface area contributed by atoms with Gasteiger partial charge in [-0.25, -0.2) is 4.98 Å². The van der Waals surface area contributed by atoms with Crippen LogP contribution in [0.1, 0.15) is 29.2 Å². The summed E-state index contributed by atoms with van der Waals surface area (Å²) in [4.78, 5) is 4.48. The van der Waals surface area contributed by atoms with E-state index in [0.717, 1.165) is 28.4 Å². The van der Waals surface area contributed by atoms with Crippen molar-refractivity contribution in [3.05, 3.63) is 45.9 Å². The van der Waals surface area contributed by atoms with Crippen molar-refractivity contribution in [2.24, 2.45) is 5.84 Å². The molecule has 0 aliphatic carbocycles. The van der Waals surface area contributed by atoms with E-state index in [0.29, 0.717) is 6.61 Å². The number of ether oxygens (including phenoxy) is 1. The van der Waals surface area contributed by atoms with Crippen molar-refractivity contribution in [1.29, 1.82) is 0 Å². The fourth-order valence-electron chi connectivity index (χ4n) is 1.99. The lowest BCUT2D eigenvalue weighted by atomic mass is 10.0. The number of hydrogen-bond donors (Lipinski definition) is 2. The van der Waals surface area contributed by atoms with Gasteiger partial charge in [0.2, 0.25) is 0 Å². The average molecular weight is 277 g/mol. The van der Waals surface area contributed by atoms with E-state index in [4.69, 9.17) is 10.6 Å². The van der Waals surface area contributed by atoms with Crippen molar-refractivity contribution < 1.29 is 4.74 Å². The second kappa shape index (κ2) is 6.65. The number of aromatic nitrogens is 1. The van der Waals surface area contributed by atoms with Gasteiger partial charge in [0.25, 0.3) is 0 Å². The van der Waals surface area contributed by atoms with Crippen LogP contribution in [0.15, 0.2) is 29.6 Å². The monoisotopic (exact) mass is 277 g/mol. The smallest absolute Gasteiger partial charge is 0.124 e. The van der Waals surface area contributed by atoms with Crippen LogP contribution in [0.5, 0.6) is 5.75 Å². The topological polar surface area (TPSA) is 60.2 Å². The molecule has 0 saturated carbocycles. The molecular formula is C14H19N3OS. The number of hydrazine groups is 1. The van der Waals surface area contributed by atoms with Gasteiger partial charge in [-0.15, -0.1) is 11.3 Å². The molecule has 1 unspecified atom stereocenters. The summed E-state index contributed by atoms with van der Waals surface area (Å²) >= 11 is 1.66. The van der Waals surface area contributed by atoms with E-state index in [1.165, 1.54) is 0 Å². The summed E-state index contributed by atoms with van der Waals surface area (Å²) in [6.07, 6.45) is 0.763. The zero-order valence-corrected chi connectivity index (χ0v) is 12.0. The standard InChI is InChI=1S/C14H19N3OS/c1-3-18-13-7-5-4-6-11(13)12(17-15)8-14-16-10(2)9-19-14/h4-7,9,12,17H,3,8,15H2,1-2H3. The van der Waals surface area contributed by atoms with E-state index < -0.39 is 0 Å². The van der Waals surface area contributed by atoms with Crippen molar-refractivity contribution in [2.45, 2.75) is 26.3 Å². The molecule has 0 saturated heterocycles. The fraction of sp³-hybridized carbons (Fsp3) is 0.357. The second-order valence-corrected chi connectivity index (χ2v) is 5.22. The largest absolute Gasteiger partial charge is 0.494 e. The van der Waals surface area contributed by atoms with Gasteiger partial charge in [-0.1, -0.05) is 18.2 Å². The van der Waals surface area contributed by atoms with Gasteiger partial charge in [-0.05, 0) is 19.9 Å². The highest BCUT2D eigenvalue weighted by molar-refractivity contribution is 7.09. The molecule has 0 bridgehead atoms. The Morgan fingerprint density at radius 1 is 1.42 bits per heavy atom. The molecule has 2 rings (SSSR count). The van der Waals surface area contributed by atoms with Gasteiger partial charge in [-0.3, -0.25) is 11.3 Å². The van der Waals surface area contributed by atoms with Crippen LogP contribution in [0.3, 0.4) is 0 Å². The summed E-state index contributed by atoms with van der Waals surface area (Å²) in [7, 11) is 0. The molecule has 1 heterocycles. The van der Waals surface area contributed by atoms with Gasteiger partial charge in [0.1, 0.15) is 5.75 Å². The Balaban J connectivity index is 2.21. The van der Waals surface area contributed by atoms with E-state index in [2.05, 4.69) is 15.8 Å². The lowest BCUT2D eigenvalue weighted by Crippen LogP contribution is -2.30. The third-order valence-corrected chi connectivity index (χ3v) is 3.83. The first kappa shape index (κ1) is 14.0. The van der Waals surface area contributed by atoms with Crippen molar-refractivity contribution in [2.75, 3.05) is 6.61 Å². The molecule has 0 radical (unpaired) electrons. The Kier molecular flexibility index (Phi) is 4.90. The summed E-state index contributed by atoms with van der Waals surface area (Å²) < 4.78 is 5.65. The van der Waals surface area contributed by atoms with Crippen LogP contribution in [0.2, 0.25) is 0 Å². The third kappa shape index (κ3) is 3.53. The van der Waals surface area contributed by atoms with Gasteiger partial charge < -0.3 is 4.74 Å². The maximum atomic E-state index is 5.70. The molecule has 0 fully saturated rings. The number of aryl methyl sites for hydroxylation is 1. The minimum atomic E-state index is 0.00769. The van der Waals surface area contributed by atoms with E-state index in [1.807, 2.05) is 38.1 Å². The first-order chi connectivity index (χ1) is 9.24. The summed E-state index contributed by atoms with van der Waals surface area (Å²) in [6, 6.07) is 7.98. The molecule has 102 valence electrons. The normalized spacial score (nSPS) is 12.4. The SMILES string of the molecule is CCOc1ccccc1C(Cc1nc(C)cs1)NN. The third-order valence-electron chi connectivity index (χ3n) is 2.84. The Hall–Kier alpha value is -1.43. The minimum Gasteiger partial charge on any atom is -0.494 e. The maximum absolute atomic E-state index is 5.70. The Morgan fingerprint density at radius 2 is 2.21 bits per heavy atom. The Bertz CT molecular complexity index is 527. The van der Waals surface area contributed by atoms with E-state index >= 15 is 0 Å². The van der Waals surface area contributed by atoms with Gasteiger partial charge in [0, 0.05) is 23.1 Å². The van der Waals surface area contributed by atoms with E-state index in [-0.39, 0.29) is 6.04 Å². The molecule has 0 amide bonds. The highest BCUT2D eigenvalue weighted by Crippen LogP contribution is 2.28. The zero-order valence-electron chi connectivity index (χ0n) is 11.2. The predicted molar refractivity (Wildman–Crippen MR) is 78.2 cm³/mol. The number of nitrogens with one attached hydrogen (secondary N) is 1. The maximum Gasteiger partial charge on any atom is 0.124 e. The Morgan fingerprint density at radius 3 is 2.84 bits per heavy atom. The highest BCUT2D eigenvalue weighted by Gasteiger charge is 2.16. The van der Waals surface area contributed by atoms with Crippen LogP contribution in [0, 0.1) is 6.92 Å². The van der Waals surface area contributed by atoms with Crippen LogP contribution in [-0.4, -0.2) is 11.6 Å². The van der Waals surface area contributed by atoms with Crippen LogP contribution >= 0.6 is 11.3 Å². The molecule has 2 aromatic rings. The second-order valence-electron chi connectivity index (χ2n) is 4.28. The number of nitrogens with two attached hydrogens (primary N) is 1. The Labute approximate surface area is 117 Å². The average Bonchev–Trinajstić information content (AvgIpc) is 2.83. The van der Waals surface area contributed by atoms with Crippen molar-refractivity contribution in [1.82, 2.24) is 10.4 Å². The summed E-state index contributed by atoms with van der Waals surface area (Å²) in [5, 5.41) is 3.13. The molecule has 1 aromatic heterocycles. The van der Waals surface area contributed by atoms with E-state index in [9.17, 15) is 0 Å². The first-order valence-electron chi connectivity index (χ1n) is 6.33. The van der Waals surface area contributed by atoms with Crippen molar-refractivity contribution in [3.8, 4) is 5.75 Å². The van der Waals surface area contributed by atoms with Gasteiger partial charge in [-0.2, -0.15) is 0 Å². The quantitative estimate of drug-likeness (QED) is 0.629. The molecule has 3 N–H and O–H groups in total. The highest BCUT2D eigenvalue weighted by atomic mass is 32.1.